The number of isothiocyanates is 1. The van der Waals surface area contributed by atoms with Crippen LogP contribution in [0.5, 0.6) is 0 Å². The Kier molecular flexibility index (Phi) is 5.74. The summed E-state index contributed by atoms with van der Waals surface area (Å²) in [5.41, 5.74) is -1.08. The molecule has 0 bridgehead atoms. The van der Waals surface area contributed by atoms with Gasteiger partial charge in [0.2, 0.25) is 0 Å². The standard InChI is InChI=1S/C9H12N2O5.CHNS/c12-4-6-5(13)3-8(16-6)11-2-1-7(14)10-9(11)15;2-1-3/h1-2,5-6,8,12-13H,3-4H2,(H,10,14,15);2H/t5-,6+,8+;/m0./s1. The van der Waals surface area contributed by atoms with Gasteiger partial charge >= 0.3 is 5.69 Å². The molecular formula is C10H13N3O5S. The SMILES string of the molecule is N=C=S.O=c1ccn([C@H]2C[C@H](O)[C@@H](CO)O2)c(=O)[nH]1. The number of nitrogens with zero attached hydrogens (tertiary/aromatic N) is 1. The summed E-state index contributed by atoms with van der Waals surface area (Å²) in [7, 11) is 0. The van der Waals surface area contributed by atoms with Crippen LogP contribution < -0.4 is 11.2 Å². The lowest BCUT2D eigenvalue weighted by atomic mass is 10.2. The van der Waals surface area contributed by atoms with Crippen molar-refractivity contribution < 1.29 is 14.9 Å². The first-order valence-corrected chi connectivity index (χ1v) is 5.74. The van der Waals surface area contributed by atoms with Gasteiger partial charge in [-0.05, 0) is 12.2 Å². The van der Waals surface area contributed by atoms with Crippen LogP contribution in [0.15, 0.2) is 21.9 Å². The Labute approximate surface area is 112 Å². The normalized spacial score (nSPS) is 25.3. The number of aliphatic hydroxyl groups excluding tert-OH is 2. The van der Waals surface area contributed by atoms with Crippen molar-refractivity contribution in [3.05, 3.63) is 33.1 Å². The molecule has 0 saturated carbocycles. The van der Waals surface area contributed by atoms with Crippen molar-refractivity contribution >= 4 is 17.4 Å². The van der Waals surface area contributed by atoms with E-state index in [0.29, 0.717) is 0 Å². The molecule has 0 aromatic carbocycles. The lowest BCUT2D eigenvalue weighted by molar-refractivity contribution is -0.0459. The van der Waals surface area contributed by atoms with E-state index in [1.807, 2.05) is 0 Å². The monoisotopic (exact) mass is 287 g/mol. The fourth-order valence-corrected chi connectivity index (χ4v) is 1.70. The highest BCUT2D eigenvalue weighted by Gasteiger charge is 2.34. The van der Waals surface area contributed by atoms with Gasteiger partial charge in [0.05, 0.1) is 17.9 Å². The maximum atomic E-state index is 11.4. The highest BCUT2D eigenvalue weighted by molar-refractivity contribution is 7.78. The van der Waals surface area contributed by atoms with Crippen molar-refractivity contribution in [1.82, 2.24) is 9.55 Å². The van der Waals surface area contributed by atoms with Crippen LogP contribution in [0.4, 0.5) is 0 Å². The summed E-state index contributed by atoms with van der Waals surface area (Å²) in [6, 6.07) is 1.20. The van der Waals surface area contributed by atoms with Gasteiger partial charge in [-0.1, -0.05) is 0 Å². The predicted octanol–water partition coefficient (Wildman–Crippen LogP) is -1.15. The minimum atomic E-state index is -0.811. The largest absolute Gasteiger partial charge is 0.394 e. The maximum Gasteiger partial charge on any atom is 0.330 e. The van der Waals surface area contributed by atoms with Gasteiger partial charge in [0.15, 0.2) is 0 Å². The third kappa shape index (κ3) is 3.91. The Bertz CT molecular complexity index is 563. The molecule has 19 heavy (non-hydrogen) atoms. The van der Waals surface area contributed by atoms with E-state index in [1.165, 1.54) is 16.8 Å². The van der Waals surface area contributed by atoms with Crippen LogP contribution in [-0.4, -0.2) is 43.7 Å². The molecule has 0 aliphatic carbocycles. The van der Waals surface area contributed by atoms with E-state index in [4.69, 9.17) is 15.3 Å². The smallest absolute Gasteiger partial charge is 0.330 e. The topological polar surface area (TPSA) is 128 Å². The number of thiocarbonyl (C=S) groups is 1. The molecule has 3 atom stereocenters. The molecular weight excluding hydrogens is 274 g/mol. The van der Waals surface area contributed by atoms with Gasteiger partial charge in [-0.25, -0.2) is 10.2 Å². The number of hydrogen-bond acceptors (Lipinski definition) is 7. The number of rotatable bonds is 2. The molecule has 4 N–H and O–H groups in total. The van der Waals surface area contributed by atoms with Gasteiger partial charge in [-0.2, -0.15) is 0 Å². The maximum absolute atomic E-state index is 11.4. The first-order chi connectivity index (χ1) is 9.03. The van der Waals surface area contributed by atoms with Crippen molar-refractivity contribution in [1.29, 1.82) is 5.41 Å². The first-order valence-electron chi connectivity index (χ1n) is 5.33. The van der Waals surface area contributed by atoms with Crippen LogP contribution in [-0.2, 0) is 4.74 Å². The summed E-state index contributed by atoms with van der Waals surface area (Å²) in [6.07, 6.45) is -0.649. The van der Waals surface area contributed by atoms with E-state index < -0.39 is 29.7 Å². The van der Waals surface area contributed by atoms with E-state index in [2.05, 4.69) is 17.2 Å². The zero-order chi connectivity index (χ0) is 14.4. The first kappa shape index (κ1) is 15.4. The fourth-order valence-electron chi connectivity index (χ4n) is 1.70. The molecule has 104 valence electrons. The van der Waals surface area contributed by atoms with Crippen molar-refractivity contribution in [2.24, 2.45) is 0 Å². The average Bonchev–Trinajstić information content (AvgIpc) is 2.71. The van der Waals surface area contributed by atoms with Gasteiger partial charge in [0.25, 0.3) is 5.56 Å². The highest BCUT2D eigenvalue weighted by Crippen LogP contribution is 2.26. The van der Waals surface area contributed by atoms with Crippen LogP contribution in [0, 0.1) is 5.41 Å². The van der Waals surface area contributed by atoms with Crippen LogP contribution in [0.1, 0.15) is 12.6 Å². The van der Waals surface area contributed by atoms with E-state index in [9.17, 15) is 14.7 Å². The number of H-pyrrole nitrogens is 1. The van der Waals surface area contributed by atoms with Gasteiger partial charge in [0, 0.05) is 18.7 Å². The zero-order valence-electron chi connectivity index (χ0n) is 9.78. The molecule has 8 nitrogen and oxygen atoms in total. The second-order valence-electron chi connectivity index (χ2n) is 3.73. The minimum absolute atomic E-state index is 0.206. The number of nitrogens with one attached hydrogen (secondary N) is 2. The zero-order valence-corrected chi connectivity index (χ0v) is 10.6. The fraction of sp³-hybridized carbons (Fsp3) is 0.500. The molecule has 1 aliphatic rings. The van der Waals surface area contributed by atoms with Gasteiger partial charge in [-0.15, -0.1) is 0 Å². The summed E-state index contributed by atoms with van der Waals surface area (Å²) in [6.45, 7) is -0.310. The van der Waals surface area contributed by atoms with Crippen molar-refractivity contribution in [3.63, 3.8) is 0 Å². The molecule has 9 heteroatoms. The Hall–Kier alpha value is -1.64. The molecule has 2 rings (SSSR count). The van der Waals surface area contributed by atoms with Gasteiger partial charge in [0.1, 0.15) is 12.3 Å². The average molecular weight is 287 g/mol. The summed E-state index contributed by atoms with van der Waals surface area (Å²) in [5.74, 6) is 0. The van der Waals surface area contributed by atoms with Gasteiger partial charge < -0.3 is 14.9 Å². The molecule has 0 unspecified atom stereocenters. The number of aliphatic hydroxyl groups is 2. The van der Waals surface area contributed by atoms with E-state index >= 15 is 0 Å². The highest BCUT2D eigenvalue weighted by atomic mass is 32.1. The van der Waals surface area contributed by atoms with E-state index in [1.54, 1.807) is 5.16 Å². The molecule has 0 spiro atoms. The van der Waals surface area contributed by atoms with Crippen LogP contribution >= 0.6 is 12.2 Å². The van der Waals surface area contributed by atoms with Crippen LogP contribution in [0.3, 0.4) is 0 Å². The number of hydrogen-bond donors (Lipinski definition) is 4. The Morgan fingerprint density at radius 2 is 2.26 bits per heavy atom. The Balaban J connectivity index is 0.000000550. The molecule has 1 aromatic heterocycles. The van der Waals surface area contributed by atoms with Crippen molar-refractivity contribution in [2.75, 3.05) is 6.61 Å². The van der Waals surface area contributed by atoms with Crippen LogP contribution in [0.25, 0.3) is 0 Å². The molecule has 2 heterocycles. The summed E-state index contributed by atoms with van der Waals surface area (Å²) >= 11 is 3.81. The summed E-state index contributed by atoms with van der Waals surface area (Å²) in [5, 5.41) is 25.7. The third-order valence-corrected chi connectivity index (χ3v) is 2.55. The number of aromatic nitrogens is 2. The second kappa shape index (κ2) is 7.07. The van der Waals surface area contributed by atoms with Crippen LogP contribution in [0.2, 0.25) is 0 Å². The Morgan fingerprint density at radius 3 is 2.74 bits per heavy atom. The lowest BCUT2D eigenvalue weighted by Gasteiger charge is -2.13. The van der Waals surface area contributed by atoms with Crippen molar-refractivity contribution in [3.8, 4) is 0 Å². The van der Waals surface area contributed by atoms with Crippen molar-refractivity contribution in [2.45, 2.75) is 24.9 Å². The van der Waals surface area contributed by atoms with E-state index in [-0.39, 0.29) is 13.0 Å². The molecule has 1 fully saturated rings. The third-order valence-electron chi connectivity index (χ3n) is 2.55. The second-order valence-corrected chi connectivity index (χ2v) is 3.94. The molecule has 1 aromatic rings. The quantitative estimate of drug-likeness (QED) is 0.401. The molecule has 0 radical (unpaired) electrons. The predicted molar refractivity (Wildman–Crippen MR) is 68.3 cm³/mol. The molecule has 1 aliphatic heterocycles. The summed E-state index contributed by atoms with van der Waals surface area (Å²) in [4.78, 5) is 24.3. The van der Waals surface area contributed by atoms with E-state index in [0.717, 1.165) is 0 Å². The van der Waals surface area contributed by atoms with Gasteiger partial charge in [-0.3, -0.25) is 14.3 Å². The summed E-state index contributed by atoms with van der Waals surface area (Å²) < 4.78 is 6.45. The molecule has 0 amide bonds. The number of aromatic amines is 1. The number of ether oxygens (including phenoxy) is 1. The lowest BCUT2D eigenvalue weighted by Crippen LogP contribution is -2.31. The molecule has 1 saturated heterocycles. The Morgan fingerprint density at radius 1 is 1.63 bits per heavy atom. The minimum Gasteiger partial charge on any atom is -0.394 e.